The third kappa shape index (κ3) is 7.54. The van der Waals surface area contributed by atoms with Crippen LogP contribution in [0.15, 0.2) is 48.5 Å². The maximum Gasteiger partial charge on any atom is 0.242 e. The van der Waals surface area contributed by atoms with Gasteiger partial charge in [0.15, 0.2) is 0 Å². The predicted molar refractivity (Wildman–Crippen MR) is 128 cm³/mol. The minimum absolute atomic E-state index is 0.000289. The molecular weight excluding hydrogens is 384 g/mol. The Bertz CT molecular complexity index is 841. The molecule has 2 rings (SSSR count). The number of aryl methyl sites for hydroxylation is 2. The van der Waals surface area contributed by atoms with Crippen LogP contribution in [0.2, 0.25) is 0 Å². The summed E-state index contributed by atoms with van der Waals surface area (Å²) in [4.78, 5) is 27.7. The fraction of sp³-hybridized carbons (Fsp3) is 0.481. The van der Waals surface area contributed by atoms with Crippen molar-refractivity contribution in [2.24, 2.45) is 0 Å². The molecule has 0 saturated heterocycles. The van der Waals surface area contributed by atoms with E-state index < -0.39 is 6.04 Å². The minimum atomic E-state index is -0.522. The maximum atomic E-state index is 13.2. The molecule has 1 N–H and O–H groups in total. The molecule has 168 valence electrons. The van der Waals surface area contributed by atoms with E-state index in [9.17, 15) is 9.59 Å². The average molecular weight is 423 g/mol. The predicted octanol–water partition coefficient (Wildman–Crippen LogP) is 5.38. The van der Waals surface area contributed by atoms with E-state index in [1.54, 1.807) is 4.90 Å². The van der Waals surface area contributed by atoms with Crippen molar-refractivity contribution in [1.29, 1.82) is 0 Å². The monoisotopic (exact) mass is 422 g/mol. The Morgan fingerprint density at radius 3 is 2.03 bits per heavy atom. The summed E-state index contributed by atoms with van der Waals surface area (Å²) in [5.74, 6) is 0.391. The molecule has 0 aromatic heterocycles. The lowest BCUT2D eigenvalue weighted by Gasteiger charge is -2.30. The molecule has 0 heterocycles. The second-order valence-corrected chi connectivity index (χ2v) is 8.90. The van der Waals surface area contributed by atoms with E-state index in [0.29, 0.717) is 25.3 Å². The van der Waals surface area contributed by atoms with Crippen LogP contribution in [-0.4, -0.2) is 28.8 Å². The van der Waals surface area contributed by atoms with Gasteiger partial charge in [0.2, 0.25) is 11.8 Å². The number of carbonyl (C=O) groups excluding carboxylic acids is 2. The number of amides is 2. The molecule has 4 nitrogen and oxygen atoms in total. The van der Waals surface area contributed by atoms with E-state index in [4.69, 9.17) is 0 Å². The van der Waals surface area contributed by atoms with Gasteiger partial charge in [0, 0.05) is 19.0 Å². The number of hydrogen-bond donors (Lipinski definition) is 1. The molecule has 0 fully saturated rings. The second-order valence-electron chi connectivity index (χ2n) is 8.90. The molecule has 0 aliphatic heterocycles. The van der Waals surface area contributed by atoms with Crippen LogP contribution in [0, 0.1) is 6.92 Å². The van der Waals surface area contributed by atoms with Gasteiger partial charge in [0.05, 0.1) is 0 Å². The molecule has 0 radical (unpaired) electrons. The molecule has 0 saturated carbocycles. The Morgan fingerprint density at radius 2 is 1.48 bits per heavy atom. The fourth-order valence-corrected chi connectivity index (χ4v) is 3.40. The van der Waals surface area contributed by atoms with Crippen molar-refractivity contribution in [1.82, 2.24) is 10.2 Å². The topological polar surface area (TPSA) is 49.4 Å². The van der Waals surface area contributed by atoms with Crippen molar-refractivity contribution in [2.75, 3.05) is 0 Å². The van der Waals surface area contributed by atoms with Crippen LogP contribution in [0.5, 0.6) is 0 Å². The van der Waals surface area contributed by atoms with Crippen LogP contribution in [0.4, 0.5) is 0 Å². The first-order valence-corrected chi connectivity index (χ1v) is 11.5. The molecule has 0 aliphatic carbocycles. The van der Waals surface area contributed by atoms with Crippen molar-refractivity contribution in [2.45, 2.75) is 85.4 Å². The highest BCUT2D eigenvalue weighted by Gasteiger charge is 2.26. The Kier molecular flexibility index (Phi) is 9.29. The average Bonchev–Trinajstić information content (AvgIpc) is 2.76. The lowest BCUT2D eigenvalue weighted by molar-refractivity contribution is -0.140. The summed E-state index contributed by atoms with van der Waals surface area (Å²) in [6.45, 7) is 12.7. The van der Waals surface area contributed by atoms with E-state index >= 15 is 0 Å². The van der Waals surface area contributed by atoms with Crippen LogP contribution in [-0.2, 0) is 22.6 Å². The van der Waals surface area contributed by atoms with Gasteiger partial charge in [-0.15, -0.1) is 0 Å². The molecule has 0 bridgehead atoms. The molecule has 2 atom stereocenters. The van der Waals surface area contributed by atoms with Gasteiger partial charge in [0.1, 0.15) is 6.04 Å². The number of benzene rings is 2. The van der Waals surface area contributed by atoms with Crippen LogP contribution in [0.3, 0.4) is 0 Å². The van der Waals surface area contributed by atoms with Crippen molar-refractivity contribution in [3.63, 3.8) is 0 Å². The normalized spacial score (nSPS) is 13.0. The van der Waals surface area contributed by atoms with E-state index in [-0.39, 0.29) is 17.9 Å². The molecule has 2 amide bonds. The van der Waals surface area contributed by atoms with Crippen LogP contribution in [0.1, 0.15) is 75.6 Å². The highest BCUT2D eigenvalue weighted by atomic mass is 16.2. The summed E-state index contributed by atoms with van der Waals surface area (Å²) < 4.78 is 0. The van der Waals surface area contributed by atoms with Crippen molar-refractivity contribution in [3.05, 3.63) is 70.8 Å². The van der Waals surface area contributed by atoms with Gasteiger partial charge in [-0.2, -0.15) is 0 Å². The summed E-state index contributed by atoms with van der Waals surface area (Å²) in [5, 5.41) is 3.02. The van der Waals surface area contributed by atoms with E-state index in [2.05, 4.69) is 43.4 Å². The molecule has 0 aliphatic rings. The van der Waals surface area contributed by atoms with E-state index in [1.807, 2.05) is 52.0 Å². The Balaban J connectivity index is 2.12. The number of hydrogen-bond acceptors (Lipinski definition) is 2. The van der Waals surface area contributed by atoms with Gasteiger partial charge in [-0.05, 0) is 56.2 Å². The standard InChI is InChI=1S/C27H38N2O2/c1-7-21(5)28-27(31)22(6)29(18-24-10-8-20(4)9-11-24)26(30)17-14-23-12-15-25(16-13-23)19(2)3/h8-13,15-16,19,21-22H,7,14,17-18H2,1-6H3,(H,28,31)/t21-,22+/m0/s1. The summed E-state index contributed by atoms with van der Waals surface area (Å²) in [6.07, 6.45) is 1.91. The molecule has 0 unspecified atom stereocenters. The van der Waals surface area contributed by atoms with Gasteiger partial charge in [-0.1, -0.05) is 74.9 Å². The number of rotatable bonds is 10. The van der Waals surface area contributed by atoms with Crippen molar-refractivity contribution in [3.8, 4) is 0 Å². The molecule has 31 heavy (non-hydrogen) atoms. The number of nitrogens with one attached hydrogen (secondary N) is 1. The van der Waals surface area contributed by atoms with Gasteiger partial charge in [-0.25, -0.2) is 0 Å². The van der Waals surface area contributed by atoms with Crippen LogP contribution >= 0.6 is 0 Å². The van der Waals surface area contributed by atoms with Crippen LogP contribution < -0.4 is 5.32 Å². The zero-order valence-electron chi connectivity index (χ0n) is 19.9. The highest BCUT2D eigenvalue weighted by Crippen LogP contribution is 2.17. The molecule has 2 aromatic carbocycles. The largest absolute Gasteiger partial charge is 0.352 e. The van der Waals surface area contributed by atoms with Gasteiger partial charge in [0.25, 0.3) is 0 Å². The van der Waals surface area contributed by atoms with E-state index in [1.165, 1.54) is 11.1 Å². The Hall–Kier alpha value is -2.62. The quantitative estimate of drug-likeness (QED) is 0.559. The highest BCUT2D eigenvalue weighted by molar-refractivity contribution is 5.87. The third-order valence-corrected chi connectivity index (χ3v) is 5.92. The lowest BCUT2D eigenvalue weighted by Crippen LogP contribution is -2.49. The Morgan fingerprint density at radius 1 is 0.903 bits per heavy atom. The van der Waals surface area contributed by atoms with Crippen molar-refractivity contribution < 1.29 is 9.59 Å². The molecule has 0 spiro atoms. The third-order valence-electron chi connectivity index (χ3n) is 5.92. The molecular formula is C27H38N2O2. The number of carbonyl (C=O) groups is 2. The number of nitrogens with zero attached hydrogens (tertiary/aromatic N) is 1. The van der Waals surface area contributed by atoms with E-state index in [0.717, 1.165) is 17.5 Å². The first-order chi connectivity index (χ1) is 14.7. The molecule has 2 aromatic rings. The first kappa shape index (κ1) is 24.6. The maximum absolute atomic E-state index is 13.2. The smallest absolute Gasteiger partial charge is 0.242 e. The van der Waals surface area contributed by atoms with Gasteiger partial charge in [-0.3, -0.25) is 9.59 Å². The summed E-state index contributed by atoms with van der Waals surface area (Å²) in [7, 11) is 0. The SMILES string of the molecule is CC[C@H](C)NC(=O)[C@@H](C)N(Cc1ccc(C)cc1)C(=O)CCc1ccc(C(C)C)cc1. The zero-order chi connectivity index (χ0) is 23.0. The summed E-state index contributed by atoms with van der Waals surface area (Å²) >= 11 is 0. The minimum Gasteiger partial charge on any atom is -0.352 e. The summed E-state index contributed by atoms with van der Waals surface area (Å²) in [6, 6.07) is 16.2. The zero-order valence-corrected chi connectivity index (χ0v) is 19.9. The lowest BCUT2D eigenvalue weighted by atomic mass is 10.00. The van der Waals surface area contributed by atoms with Crippen molar-refractivity contribution >= 4 is 11.8 Å². The van der Waals surface area contributed by atoms with Gasteiger partial charge >= 0.3 is 0 Å². The first-order valence-electron chi connectivity index (χ1n) is 11.5. The second kappa shape index (κ2) is 11.7. The summed E-state index contributed by atoms with van der Waals surface area (Å²) in [5.41, 5.74) is 4.65. The van der Waals surface area contributed by atoms with Crippen LogP contribution in [0.25, 0.3) is 0 Å². The molecule has 4 heteroatoms. The fourth-order valence-electron chi connectivity index (χ4n) is 3.40. The van der Waals surface area contributed by atoms with Gasteiger partial charge < -0.3 is 10.2 Å². The Labute approximate surface area is 188 Å².